The number of hydrogen-bond acceptors (Lipinski definition) is 2. The first-order valence-corrected chi connectivity index (χ1v) is 8.25. The molecule has 0 radical (unpaired) electrons. The van der Waals surface area contributed by atoms with Gasteiger partial charge in [-0.1, -0.05) is 37.6 Å². The van der Waals surface area contributed by atoms with Gasteiger partial charge in [0.15, 0.2) is 0 Å². The van der Waals surface area contributed by atoms with Crippen molar-refractivity contribution in [3.05, 3.63) is 34.9 Å². The molecule has 1 saturated heterocycles. The molecule has 0 saturated carbocycles. The van der Waals surface area contributed by atoms with Crippen LogP contribution in [0.25, 0.3) is 0 Å². The molecule has 0 amide bonds. The minimum absolute atomic E-state index is 0.555. The normalized spacial score (nSPS) is 19.1. The Morgan fingerprint density at radius 1 is 1.35 bits per heavy atom. The quantitative estimate of drug-likeness (QED) is 0.859. The van der Waals surface area contributed by atoms with Crippen molar-refractivity contribution in [2.45, 2.75) is 32.6 Å². The highest BCUT2D eigenvalue weighted by atomic mass is 35.5. The van der Waals surface area contributed by atoms with Crippen molar-refractivity contribution in [1.82, 2.24) is 10.2 Å². The zero-order valence-electron chi connectivity index (χ0n) is 12.7. The molecule has 2 nitrogen and oxygen atoms in total. The zero-order chi connectivity index (χ0) is 14.4. The number of benzene rings is 1. The largest absolute Gasteiger partial charge is 0.317 e. The molecule has 1 heterocycles. The second-order valence-electron chi connectivity index (χ2n) is 6.01. The van der Waals surface area contributed by atoms with Crippen LogP contribution in [0, 0.1) is 5.92 Å². The van der Waals surface area contributed by atoms with Gasteiger partial charge in [0.2, 0.25) is 0 Å². The molecule has 1 fully saturated rings. The summed E-state index contributed by atoms with van der Waals surface area (Å²) >= 11 is 6.08. The first-order valence-electron chi connectivity index (χ1n) is 7.87. The molecule has 1 unspecified atom stereocenters. The lowest BCUT2D eigenvalue weighted by molar-refractivity contribution is 0.176. The third-order valence-electron chi connectivity index (χ3n) is 4.34. The fourth-order valence-electron chi connectivity index (χ4n) is 3.03. The number of likely N-dealkylation sites (tertiary alicyclic amines) is 1. The number of halogens is 1. The molecule has 112 valence electrons. The van der Waals surface area contributed by atoms with E-state index in [-0.39, 0.29) is 0 Å². The van der Waals surface area contributed by atoms with Crippen LogP contribution in [0.15, 0.2) is 24.3 Å². The molecule has 0 spiro atoms. The predicted molar refractivity (Wildman–Crippen MR) is 87.6 cm³/mol. The van der Waals surface area contributed by atoms with Crippen molar-refractivity contribution >= 4 is 11.6 Å². The molecule has 2 rings (SSSR count). The van der Waals surface area contributed by atoms with Crippen LogP contribution in [0.3, 0.4) is 0 Å². The fourth-order valence-corrected chi connectivity index (χ4v) is 3.23. The number of piperidine rings is 1. The third-order valence-corrected chi connectivity index (χ3v) is 4.58. The Labute approximate surface area is 128 Å². The van der Waals surface area contributed by atoms with E-state index in [0.29, 0.717) is 5.92 Å². The monoisotopic (exact) mass is 294 g/mol. The summed E-state index contributed by atoms with van der Waals surface area (Å²) in [5.41, 5.74) is 1.35. The van der Waals surface area contributed by atoms with Gasteiger partial charge in [-0.3, -0.25) is 0 Å². The Morgan fingerprint density at radius 3 is 2.75 bits per heavy atom. The van der Waals surface area contributed by atoms with E-state index in [1.165, 1.54) is 38.0 Å². The molecule has 20 heavy (non-hydrogen) atoms. The molecule has 0 bridgehead atoms. The van der Waals surface area contributed by atoms with Gasteiger partial charge in [-0.25, -0.2) is 0 Å². The number of nitrogens with zero attached hydrogens (tertiary/aromatic N) is 1. The van der Waals surface area contributed by atoms with E-state index >= 15 is 0 Å². The highest BCUT2D eigenvalue weighted by Gasteiger charge is 2.20. The van der Waals surface area contributed by atoms with Crippen LogP contribution >= 0.6 is 11.6 Å². The van der Waals surface area contributed by atoms with Crippen LogP contribution in [0.4, 0.5) is 0 Å². The van der Waals surface area contributed by atoms with E-state index in [9.17, 15) is 0 Å². The summed E-state index contributed by atoms with van der Waals surface area (Å²) in [6, 6.07) is 8.29. The zero-order valence-corrected chi connectivity index (χ0v) is 13.5. The molecular formula is C17H27ClN2. The Kier molecular flexibility index (Phi) is 6.34. The van der Waals surface area contributed by atoms with Gasteiger partial charge in [-0.15, -0.1) is 0 Å². The number of hydrogen-bond donors (Lipinski definition) is 1. The summed E-state index contributed by atoms with van der Waals surface area (Å²) in [6.45, 7) is 10.4. The average Bonchev–Trinajstić information content (AvgIpc) is 2.46. The first kappa shape index (κ1) is 15.8. The second kappa shape index (κ2) is 8.02. The second-order valence-corrected chi connectivity index (χ2v) is 6.44. The molecule has 1 aliphatic heterocycles. The van der Waals surface area contributed by atoms with Gasteiger partial charge in [-0.05, 0) is 68.6 Å². The van der Waals surface area contributed by atoms with Gasteiger partial charge in [0, 0.05) is 11.6 Å². The standard InChI is InChI=1S/C17H27ClN2/c1-3-19-12-15-7-9-20(10-8-15)13-14(2)16-5-4-6-17(18)11-16/h4-6,11,14-15,19H,3,7-10,12-13H2,1-2H3. The topological polar surface area (TPSA) is 15.3 Å². The van der Waals surface area contributed by atoms with Crippen molar-refractivity contribution in [3.8, 4) is 0 Å². The molecule has 1 aliphatic rings. The molecule has 0 aromatic heterocycles. The fraction of sp³-hybridized carbons (Fsp3) is 0.647. The Balaban J connectivity index is 1.77. The summed E-state index contributed by atoms with van der Waals surface area (Å²) in [4.78, 5) is 2.61. The highest BCUT2D eigenvalue weighted by Crippen LogP contribution is 2.23. The van der Waals surface area contributed by atoms with E-state index in [4.69, 9.17) is 11.6 Å². The van der Waals surface area contributed by atoms with E-state index in [0.717, 1.165) is 24.0 Å². The third kappa shape index (κ3) is 4.76. The van der Waals surface area contributed by atoms with E-state index in [2.05, 4.69) is 42.3 Å². The van der Waals surface area contributed by atoms with Gasteiger partial charge in [0.25, 0.3) is 0 Å². The molecule has 1 N–H and O–H groups in total. The lowest BCUT2D eigenvalue weighted by Gasteiger charge is -2.33. The van der Waals surface area contributed by atoms with Crippen molar-refractivity contribution in [3.63, 3.8) is 0 Å². The van der Waals surface area contributed by atoms with Gasteiger partial charge in [0.1, 0.15) is 0 Å². The summed E-state index contributed by atoms with van der Waals surface area (Å²) in [5.74, 6) is 1.42. The number of nitrogens with one attached hydrogen (secondary N) is 1. The SMILES string of the molecule is CCNCC1CCN(CC(C)c2cccc(Cl)c2)CC1. The number of rotatable bonds is 6. The van der Waals surface area contributed by atoms with Crippen LogP contribution in [0.5, 0.6) is 0 Å². The molecule has 3 heteroatoms. The molecule has 1 atom stereocenters. The Hall–Kier alpha value is -0.570. The molecule has 0 aliphatic carbocycles. The van der Waals surface area contributed by atoms with E-state index in [1.807, 2.05) is 6.07 Å². The maximum atomic E-state index is 6.08. The van der Waals surface area contributed by atoms with Crippen LogP contribution in [-0.2, 0) is 0 Å². The van der Waals surface area contributed by atoms with E-state index < -0.39 is 0 Å². The van der Waals surface area contributed by atoms with Crippen LogP contribution in [0.1, 0.15) is 38.2 Å². The summed E-state index contributed by atoms with van der Waals surface area (Å²) in [6.07, 6.45) is 2.66. The minimum atomic E-state index is 0.555. The van der Waals surface area contributed by atoms with Crippen molar-refractivity contribution in [2.75, 3.05) is 32.7 Å². The van der Waals surface area contributed by atoms with Crippen LogP contribution in [-0.4, -0.2) is 37.6 Å². The molecule has 1 aromatic rings. The van der Waals surface area contributed by atoms with Crippen LogP contribution < -0.4 is 5.32 Å². The lowest BCUT2D eigenvalue weighted by Crippen LogP contribution is -2.38. The van der Waals surface area contributed by atoms with Crippen molar-refractivity contribution in [1.29, 1.82) is 0 Å². The summed E-state index contributed by atoms with van der Waals surface area (Å²) in [7, 11) is 0. The van der Waals surface area contributed by atoms with Gasteiger partial charge < -0.3 is 10.2 Å². The van der Waals surface area contributed by atoms with Crippen LogP contribution in [0.2, 0.25) is 5.02 Å². The first-order chi connectivity index (χ1) is 9.69. The molecule has 1 aromatic carbocycles. The van der Waals surface area contributed by atoms with Gasteiger partial charge in [0.05, 0.1) is 0 Å². The van der Waals surface area contributed by atoms with Crippen molar-refractivity contribution in [2.24, 2.45) is 5.92 Å². The Bertz CT molecular complexity index is 400. The predicted octanol–water partition coefficient (Wildman–Crippen LogP) is 3.77. The molecular weight excluding hydrogens is 268 g/mol. The average molecular weight is 295 g/mol. The highest BCUT2D eigenvalue weighted by molar-refractivity contribution is 6.30. The Morgan fingerprint density at radius 2 is 2.10 bits per heavy atom. The maximum absolute atomic E-state index is 6.08. The smallest absolute Gasteiger partial charge is 0.0408 e. The van der Waals surface area contributed by atoms with Crippen molar-refractivity contribution < 1.29 is 0 Å². The minimum Gasteiger partial charge on any atom is -0.317 e. The maximum Gasteiger partial charge on any atom is 0.0408 e. The summed E-state index contributed by atoms with van der Waals surface area (Å²) < 4.78 is 0. The van der Waals surface area contributed by atoms with E-state index in [1.54, 1.807) is 0 Å². The summed E-state index contributed by atoms with van der Waals surface area (Å²) in [5, 5.41) is 4.32. The van der Waals surface area contributed by atoms with Gasteiger partial charge in [-0.2, -0.15) is 0 Å². The lowest BCUT2D eigenvalue weighted by atomic mass is 9.94. The van der Waals surface area contributed by atoms with Gasteiger partial charge >= 0.3 is 0 Å².